The van der Waals surface area contributed by atoms with Crippen molar-refractivity contribution >= 4 is 34.5 Å². The van der Waals surface area contributed by atoms with Gasteiger partial charge in [-0.25, -0.2) is 0 Å². The molecule has 1 aromatic rings. The average molecular weight is 273 g/mol. The van der Waals surface area contributed by atoms with Crippen LogP contribution >= 0.6 is 23.8 Å². The molecule has 0 fully saturated rings. The Bertz CT molecular complexity index is 398. The second-order valence-corrected chi connectivity index (χ2v) is 4.64. The first-order chi connectivity index (χ1) is 8.08. The van der Waals surface area contributed by atoms with E-state index in [1.807, 2.05) is 12.1 Å². The largest absolute Gasteiger partial charge is 0.389 e. The maximum atomic E-state index is 5.92. The minimum atomic E-state index is 0.231. The van der Waals surface area contributed by atoms with Crippen LogP contribution < -0.4 is 11.1 Å². The lowest BCUT2D eigenvalue weighted by Crippen LogP contribution is -2.25. The van der Waals surface area contributed by atoms with Crippen molar-refractivity contribution in [3.05, 3.63) is 28.8 Å². The summed E-state index contributed by atoms with van der Waals surface area (Å²) in [7, 11) is 1.68. The average Bonchev–Trinajstić information content (AvgIpc) is 2.30. The Morgan fingerprint density at radius 1 is 1.59 bits per heavy atom. The van der Waals surface area contributed by atoms with Gasteiger partial charge < -0.3 is 15.8 Å². The third-order valence-corrected chi connectivity index (χ3v) is 2.92. The van der Waals surface area contributed by atoms with Crippen molar-refractivity contribution < 1.29 is 4.74 Å². The van der Waals surface area contributed by atoms with Crippen molar-refractivity contribution in [3.8, 4) is 0 Å². The third kappa shape index (κ3) is 4.15. The van der Waals surface area contributed by atoms with E-state index in [2.05, 4.69) is 12.2 Å². The van der Waals surface area contributed by atoms with E-state index >= 15 is 0 Å². The molecular weight excluding hydrogens is 256 g/mol. The first kappa shape index (κ1) is 14.2. The maximum absolute atomic E-state index is 5.92. The predicted octanol–water partition coefficient (Wildman–Crippen LogP) is 2.81. The molecule has 1 unspecified atom stereocenters. The van der Waals surface area contributed by atoms with Gasteiger partial charge in [-0.15, -0.1) is 0 Å². The molecule has 1 atom stereocenters. The number of halogens is 1. The quantitative estimate of drug-likeness (QED) is 0.782. The summed E-state index contributed by atoms with van der Waals surface area (Å²) in [4.78, 5) is 0.335. The second kappa shape index (κ2) is 6.79. The molecule has 1 aromatic carbocycles. The Kier molecular flexibility index (Phi) is 5.68. The van der Waals surface area contributed by atoms with Gasteiger partial charge >= 0.3 is 0 Å². The van der Waals surface area contributed by atoms with Crippen molar-refractivity contribution in [3.63, 3.8) is 0 Å². The number of hydrogen-bond acceptors (Lipinski definition) is 3. The fraction of sp³-hybridized carbons (Fsp3) is 0.417. The van der Waals surface area contributed by atoms with E-state index in [-0.39, 0.29) is 6.04 Å². The molecule has 0 radical (unpaired) electrons. The van der Waals surface area contributed by atoms with E-state index in [0.717, 1.165) is 17.7 Å². The number of nitrogens with two attached hydrogens (primary N) is 1. The molecule has 0 aliphatic carbocycles. The van der Waals surface area contributed by atoms with Gasteiger partial charge in [-0.05, 0) is 24.6 Å². The number of anilines is 1. The van der Waals surface area contributed by atoms with Crippen LogP contribution in [0.3, 0.4) is 0 Å². The Morgan fingerprint density at radius 3 is 2.82 bits per heavy atom. The van der Waals surface area contributed by atoms with Crippen LogP contribution in [0.1, 0.15) is 18.9 Å². The van der Waals surface area contributed by atoms with Gasteiger partial charge in [-0.1, -0.05) is 30.7 Å². The highest BCUT2D eigenvalue weighted by Gasteiger charge is 2.10. The lowest BCUT2D eigenvalue weighted by atomic mass is 10.1. The van der Waals surface area contributed by atoms with Crippen LogP contribution in [0.25, 0.3) is 0 Å². The fourth-order valence-electron chi connectivity index (χ4n) is 1.53. The second-order valence-electron chi connectivity index (χ2n) is 3.76. The first-order valence-electron chi connectivity index (χ1n) is 5.43. The summed E-state index contributed by atoms with van der Waals surface area (Å²) >= 11 is 10.9. The molecule has 0 bridgehead atoms. The minimum Gasteiger partial charge on any atom is -0.389 e. The van der Waals surface area contributed by atoms with E-state index in [0.29, 0.717) is 16.6 Å². The molecule has 3 N–H and O–H groups in total. The van der Waals surface area contributed by atoms with Crippen molar-refractivity contribution in [2.75, 3.05) is 19.0 Å². The summed E-state index contributed by atoms with van der Waals surface area (Å²) in [5.74, 6) is 0. The number of ether oxygens (including phenoxy) is 1. The van der Waals surface area contributed by atoms with Crippen LogP contribution in [-0.4, -0.2) is 24.7 Å². The molecule has 0 spiro atoms. The Labute approximate surface area is 112 Å². The number of benzene rings is 1. The van der Waals surface area contributed by atoms with Crippen molar-refractivity contribution in [1.82, 2.24) is 0 Å². The number of methoxy groups -OCH3 is 1. The molecule has 94 valence electrons. The standard InChI is InChI=1S/C12H17ClN2OS/c1-3-9(7-16-2)15-11-5-4-8(13)6-10(11)12(14)17/h4-6,9,15H,3,7H2,1-2H3,(H2,14,17). The predicted molar refractivity (Wildman–Crippen MR) is 76.9 cm³/mol. The summed E-state index contributed by atoms with van der Waals surface area (Å²) < 4.78 is 5.14. The summed E-state index contributed by atoms with van der Waals surface area (Å²) in [6, 6.07) is 5.70. The zero-order valence-corrected chi connectivity index (χ0v) is 11.6. The van der Waals surface area contributed by atoms with Crippen LogP contribution in [0.5, 0.6) is 0 Å². The summed E-state index contributed by atoms with van der Waals surface area (Å²) in [6.45, 7) is 2.73. The Morgan fingerprint density at radius 2 is 2.29 bits per heavy atom. The van der Waals surface area contributed by atoms with E-state index in [9.17, 15) is 0 Å². The molecule has 0 aliphatic heterocycles. The molecule has 1 rings (SSSR count). The highest BCUT2D eigenvalue weighted by molar-refractivity contribution is 7.80. The van der Waals surface area contributed by atoms with Gasteiger partial charge in [-0.2, -0.15) is 0 Å². The zero-order chi connectivity index (χ0) is 12.8. The lowest BCUT2D eigenvalue weighted by molar-refractivity contribution is 0.184. The number of thiocarbonyl (C=S) groups is 1. The van der Waals surface area contributed by atoms with Gasteiger partial charge in [0.2, 0.25) is 0 Å². The number of rotatable bonds is 6. The molecule has 5 heteroatoms. The summed E-state index contributed by atoms with van der Waals surface area (Å²) in [6.07, 6.45) is 0.952. The SMILES string of the molecule is CCC(COC)Nc1ccc(Cl)cc1C(N)=S. The first-order valence-corrected chi connectivity index (χ1v) is 6.22. The van der Waals surface area contributed by atoms with Gasteiger partial charge in [-0.3, -0.25) is 0 Å². The Hall–Kier alpha value is -0.840. The smallest absolute Gasteiger partial charge is 0.106 e. The molecule has 0 aromatic heterocycles. The van der Waals surface area contributed by atoms with Crippen LogP contribution in [0.15, 0.2) is 18.2 Å². The highest BCUT2D eigenvalue weighted by atomic mass is 35.5. The fourth-order valence-corrected chi connectivity index (χ4v) is 1.87. The van der Waals surface area contributed by atoms with Gasteiger partial charge in [0.05, 0.1) is 6.61 Å². The Balaban J connectivity index is 2.92. The molecule has 0 saturated heterocycles. The number of nitrogens with one attached hydrogen (secondary N) is 1. The van der Waals surface area contributed by atoms with Gasteiger partial charge in [0, 0.05) is 29.4 Å². The van der Waals surface area contributed by atoms with Crippen LogP contribution in [0, 0.1) is 0 Å². The topological polar surface area (TPSA) is 47.3 Å². The van der Waals surface area contributed by atoms with Gasteiger partial charge in [0.25, 0.3) is 0 Å². The van der Waals surface area contributed by atoms with Crippen molar-refractivity contribution in [2.45, 2.75) is 19.4 Å². The summed E-state index contributed by atoms with van der Waals surface area (Å²) in [5, 5.41) is 3.98. The third-order valence-electron chi connectivity index (χ3n) is 2.47. The maximum Gasteiger partial charge on any atom is 0.106 e. The molecule has 0 heterocycles. The molecule has 3 nitrogen and oxygen atoms in total. The lowest BCUT2D eigenvalue weighted by Gasteiger charge is -2.19. The molecule has 17 heavy (non-hydrogen) atoms. The van der Waals surface area contributed by atoms with E-state index in [1.165, 1.54) is 0 Å². The van der Waals surface area contributed by atoms with Crippen molar-refractivity contribution in [2.24, 2.45) is 5.73 Å². The minimum absolute atomic E-state index is 0.231. The molecular formula is C12H17ClN2OS. The van der Waals surface area contributed by atoms with Crippen LogP contribution in [-0.2, 0) is 4.74 Å². The van der Waals surface area contributed by atoms with E-state index < -0.39 is 0 Å². The molecule has 0 saturated carbocycles. The highest BCUT2D eigenvalue weighted by Crippen LogP contribution is 2.21. The molecule has 0 amide bonds. The monoisotopic (exact) mass is 272 g/mol. The number of hydrogen-bond donors (Lipinski definition) is 2. The molecule has 0 aliphatic rings. The van der Waals surface area contributed by atoms with Crippen LogP contribution in [0.4, 0.5) is 5.69 Å². The van der Waals surface area contributed by atoms with Gasteiger partial charge in [0.1, 0.15) is 4.99 Å². The van der Waals surface area contributed by atoms with Gasteiger partial charge in [0.15, 0.2) is 0 Å². The van der Waals surface area contributed by atoms with E-state index in [1.54, 1.807) is 13.2 Å². The zero-order valence-electron chi connectivity index (χ0n) is 10.00. The van der Waals surface area contributed by atoms with E-state index in [4.69, 9.17) is 34.3 Å². The van der Waals surface area contributed by atoms with Crippen LogP contribution in [0.2, 0.25) is 5.02 Å². The van der Waals surface area contributed by atoms with Crippen molar-refractivity contribution in [1.29, 1.82) is 0 Å². The normalized spacial score (nSPS) is 12.2. The summed E-state index contributed by atoms with van der Waals surface area (Å²) in [5.41, 5.74) is 7.34.